The summed E-state index contributed by atoms with van der Waals surface area (Å²) >= 11 is 1.95. The van der Waals surface area contributed by atoms with Gasteiger partial charge in [0.05, 0.1) is 5.92 Å². The van der Waals surface area contributed by atoms with Crippen molar-refractivity contribution in [2.24, 2.45) is 11.7 Å². The Balaban J connectivity index is 2.04. The second-order valence-electron chi connectivity index (χ2n) is 5.73. The fourth-order valence-corrected chi connectivity index (χ4v) is 4.09. The first-order valence-corrected chi connectivity index (χ1v) is 8.18. The molecule has 0 radical (unpaired) electrons. The largest absolute Gasteiger partial charge is 0.340 e. The Morgan fingerprint density at radius 1 is 1.25 bits per heavy atom. The third-order valence-electron chi connectivity index (χ3n) is 3.84. The van der Waals surface area contributed by atoms with Crippen LogP contribution in [0.4, 0.5) is 0 Å². The molecule has 20 heavy (non-hydrogen) atoms. The summed E-state index contributed by atoms with van der Waals surface area (Å²) in [7, 11) is 0. The fraction of sp³-hybridized carbons (Fsp3) is 0.562. The zero-order valence-electron chi connectivity index (χ0n) is 12.5. The molecule has 1 aliphatic rings. The molecule has 4 unspecified atom stereocenters. The van der Waals surface area contributed by atoms with Crippen LogP contribution in [0.5, 0.6) is 0 Å². The molecule has 1 amide bonds. The lowest BCUT2D eigenvalue weighted by Gasteiger charge is -2.37. The molecule has 1 saturated heterocycles. The molecule has 0 aromatic heterocycles. The van der Waals surface area contributed by atoms with E-state index in [9.17, 15) is 4.79 Å². The van der Waals surface area contributed by atoms with Crippen molar-refractivity contribution in [2.75, 3.05) is 13.1 Å². The minimum absolute atomic E-state index is 0.181. The average molecular weight is 292 g/mol. The van der Waals surface area contributed by atoms with Crippen molar-refractivity contribution < 1.29 is 4.79 Å². The van der Waals surface area contributed by atoms with E-state index in [1.54, 1.807) is 0 Å². The Kier molecular flexibility index (Phi) is 5.11. The van der Waals surface area contributed by atoms with Crippen LogP contribution in [-0.2, 0) is 4.79 Å². The topological polar surface area (TPSA) is 46.3 Å². The number of nitrogens with zero attached hydrogens (tertiary/aromatic N) is 1. The number of amides is 1. The van der Waals surface area contributed by atoms with Gasteiger partial charge in [0.25, 0.3) is 0 Å². The van der Waals surface area contributed by atoms with Crippen molar-refractivity contribution in [3.63, 3.8) is 0 Å². The molecule has 4 heteroatoms. The lowest BCUT2D eigenvalue weighted by molar-refractivity contribution is -0.135. The SMILES string of the molecule is CC1CN(C(=O)C(C)C(N)c2ccccc2)CC(C)S1. The van der Waals surface area contributed by atoms with Crippen molar-refractivity contribution in [1.82, 2.24) is 4.90 Å². The monoisotopic (exact) mass is 292 g/mol. The third-order valence-corrected chi connectivity index (χ3v) is 5.07. The van der Waals surface area contributed by atoms with Gasteiger partial charge in [-0.3, -0.25) is 4.79 Å². The Bertz CT molecular complexity index is 441. The summed E-state index contributed by atoms with van der Waals surface area (Å²) in [5.41, 5.74) is 7.29. The van der Waals surface area contributed by atoms with E-state index in [0.29, 0.717) is 10.5 Å². The summed E-state index contributed by atoms with van der Waals surface area (Å²) in [5.74, 6) is 0.000234. The van der Waals surface area contributed by atoms with Gasteiger partial charge in [0.2, 0.25) is 5.91 Å². The van der Waals surface area contributed by atoms with Crippen LogP contribution in [0.3, 0.4) is 0 Å². The lowest BCUT2D eigenvalue weighted by atomic mass is 9.94. The van der Waals surface area contributed by atoms with Crippen LogP contribution in [0.25, 0.3) is 0 Å². The van der Waals surface area contributed by atoms with Gasteiger partial charge in [-0.15, -0.1) is 0 Å². The van der Waals surface area contributed by atoms with Crippen LogP contribution < -0.4 is 5.73 Å². The molecular weight excluding hydrogens is 268 g/mol. The standard InChI is InChI=1S/C16H24N2OS/c1-11-9-18(10-12(2)20-11)16(19)13(3)15(17)14-7-5-4-6-8-14/h4-8,11-13,15H,9-10,17H2,1-3H3. The van der Waals surface area contributed by atoms with Crippen molar-refractivity contribution >= 4 is 17.7 Å². The van der Waals surface area contributed by atoms with Crippen LogP contribution in [0.1, 0.15) is 32.4 Å². The Hall–Kier alpha value is -1.00. The van der Waals surface area contributed by atoms with Gasteiger partial charge in [-0.05, 0) is 5.56 Å². The highest BCUT2D eigenvalue weighted by molar-refractivity contribution is 8.00. The molecule has 0 saturated carbocycles. The molecule has 110 valence electrons. The zero-order valence-corrected chi connectivity index (χ0v) is 13.3. The lowest BCUT2D eigenvalue weighted by Crippen LogP contribution is -2.47. The van der Waals surface area contributed by atoms with Gasteiger partial charge in [0, 0.05) is 29.6 Å². The minimum Gasteiger partial charge on any atom is -0.340 e. The molecule has 1 aromatic carbocycles. The zero-order chi connectivity index (χ0) is 14.7. The van der Waals surface area contributed by atoms with Crippen LogP contribution in [0, 0.1) is 5.92 Å². The molecule has 0 spiro atoms. The van der Waals surface area contributed by atoms with Gasteiger partial charge in [-0.25, -0.2) is 0 Å². The highest BCUT2D eigenvalue weighted by Gasteiger charge is 2.31. The molecule has 1 heterocycles. The number of carbonyl (C=O) groups is 1. The van der Waals surface area contributed by atoms with E-state index in [-0.39, 0.29) is 17.9 Å². The number of benzene rings is 1. The number of carbonyl (C=O) groups excluding carboxylic acids is 1. The first-order valence-electron chi connectivity index (χ1n) is 7.23. The molecule has 0 aliphatic carbocycles. The van der Waals surface area contributed by atoms with E-state index >= 15 is 0 Å². The van der Waals surface area contributed by atoms with Gasteiger partial charge in [0.15, 0.2) is 0 Å². The summed E-state index contributed by atoms with van der Waals surface area (Å²) in [4.78, 5) is 14.6. The van der Waals surface area contributed by atoms with Crippen LogP contribution in [0.15, 0.2) is 30.3 Å². The molecule has 2 rings (SSSR count). The fourth-order valence-electron chi connectivity index (χ4n) is 2.76. The maximum absolute atomic E-state index is 12.6. The predicted octanol–water partition coefficient (Wildman–Crippen LogP) is 2.67. The summed E-state index contributed by atoms with van der Waals surface area (Å²) in [5, 5.41) is 1.01. The summed E-state index contributed by atoms with van der Waals surface area (Å²) < 4.78 is 0. The van der Waals surface area contributed by atoms with Crippen molar-refractivity contribution in [2.45, 2.75) is 37.3 Å². The van der Waals surface area contributed by atoms with Gasteiger partial charge in [-0.2, -0.15) is 11.8 Å². The van der Waals surface area contributed by atoms with E-state index in [1.165, 1.54) is 0 Å². The number of hydrogen-bond acceptors (Lipinski definition) is 3. The van der Waals surface area contributed by atoms with Gasteiger partial charge in [-0.1, -0.05) is 51.1 Å². The second kappa shape index (κ2) is 6.64. The van der Waals surface area contributed by atoms with E-state index in [0.717, 1.165) is 18.7 Å². The van der Waals surface area contributed by atoms with Gasteiger partial charge < -0.3 is 10.6 Å². The van der Waals surface area contributed by atoms with E-state index in [1.807, 2.05) is 53.9 Å². The van der Waals surface area contributed by atoms with E-state index in [2.05, 4.69) is 13.8 Å². The highest BCUT2D eigenvalue weighted by atomic mass is 32.2. The maximum Gasteiger partial charge on any atom is 0.227 e. The normalized spacial score (nSPS) is 26.1. The van der Waals surface area contributed by atoms with Crippen molar-refractivity contribution in [3.05, 3.63) is 35.9 Å². The first kappa shape index (κ1) is 15.4. The molecule has 1 aromatic rings. The summed E-state index contributed by atoms with van der Waals surface area (Å²) in [6.45, 7) is 7.97. The highest BCUT2D eigenvalue weighted by Crippen LogP contribution is 2.28. The summed E-state index contributed by atoms with van der Waals surface area (Å²) in [6, 6.07) is 9.65. The summed E-state index contributed by atoms with van der Waals surface area (Å²) in [6.07, 6.45) is 0. The maximum atomic E-state index is 12.6. The molecule has 4 atom stereocenters. The number of nitrogens with two attached hydrogens (primary N) is 1. The van der Waals surface area contributed by atoms with E-state index < -0.39 is 0 Å². The molecule has 3 nitrogen and oxygen atoms in total. The number of thioether (sulfide) groups is 1. The van der Waals surface area contributed by atoms with Gasteiger partial charge in [0.1, 0.15) is 0 Å². The Labute approximate surface area is 125 Å². The van der Waals surface area contributed by atoms with Gasteiger partial charge >= 0.3 is 0 Å². The number of hydrogen-bond donors (Lipinski definition) is 1. The molecule has 1 fully saturated rings. The quantitative estimate of drug-likeness (QED) is 0.931. The van der Waals surface area contributed by atoms with Crippen molar-refractivity contribution in [1.29, 1.82) is 0 Å². The molecular formula is C16H24N2OS. The predicted molar refractivity (Wildman–Crippen MR) is 85.6 cm³/mol. The van der Waals surface area contributed by atoms with Crippen LogP contribution in [0.2, 0.25) is 0 Å². The minimum atomic E-state index is -0.233. The molecule has 2 N–H and O–H groups in total. The molecule has 1 aliphatic heterocycles. The van der Waals surface area contributed by atoms with Crippen molar-refractivity contribution in [3.8, 4) is 0 Å². The van der Waals surface area contributed by atoms with Crippen LogP contribution in [-0.4, -0.2) is 34.4 Å². The Morgan fingerprint density at radius 3 is 2.35 bits per heavy atom. The van der Waals surface area contributed by atoms with E-state index in [4.69, 9.17) is 5.73 Å². The van der Waals surface area contributed by atoms with Crippen LogP contribution >= 0.6 is 11.8 Å². The molecule has 0 bridgehead atoms. The number of rotatable bonds is 3. The first-order chi connectivity index (χ1) is 9.49. The third kappa shape index (κ3) is 3.55. The Morgan fingerprint density at radius 2 is 1.80 bits per heavy atom. The second-order valence-corrected chi connectivity index (χ2v) is 7.61. The smallest absolute Gasteiger partial charge is 0.227 e. The average Bonchev–Trinajstić information content (AvgIpc) is 2.45.